The van der Waals surface area contributed by atoms with Crippen molar-refractivity contribution in [3.05, 3.63) is 95.6 Å². The summed E-state index contributed by atoms with van der Waals surface area (Å²) in [6.07, 6.45) is 0. The summed E-state index contributed by atoms with van der Waals surface area (Å²) in [6.45, 7) is 3.69. The predicted molar refractivity (Wildman–Crippen MR) is 100 cm³/mol. The van der Waals surface area contributed by atoms with Gasteiger partial charge in [-0.15, -0.1) is 0 Å². The maximum atomic E-state index is 5.88. The zero-order valence-corrected chi connectivity index (χ0v) is 14.4. The molecule has 3 aromatic carbocycles. The SMILES string of the molecule is C[C@H]1COCN1C1(c2ccccc2)c2ccccc2-c2ccccc21. The summed E-state index contributed by atoms with van der Waals surface area (Å²) in [5, 5.41) is 0. The lowest BCUT2D eigenvalue weighted by Gasteiger charge is -2.42. The zero-order chi connectivity index (χ0) is 16.9. The summed E-state index contributed by atoms with van der Waals surface area (Å²) in [5.41, 5.74) is 6.41. The first kappa shape index (κ1) is 14.9. The van der Waals surface area contributed by atoms with Crippen LogP contribution in [-0.2, 0) is 10.3 Å². The van der Waals surface area contributed by atoms with Gasteiger partial charge in [0.2, 0.25) is 0 Å². The molecule has 1 heterocycles. The minimum Gasteiger partial charge on any atom is -0.364 e. The standard InChI is InChI=1S/C23H21NO/c1-17-15-25-16-24(17)23(18-9-3-2-4-10-18)21-13-7-5-11-19(21)20-12-6-8-14-22(20)23/h2-14,17H,15-16H2,1H3/t17-/m0/s1. The first-order valence-corrected chi connectivity index (χ1v) is 8.93. The maximum absolute atomic E-state index is 5.88. The molecule has 1 atom stereocenters. The fraction of sp³-hybridized carbons (Fsp3) is 0.217. The Balaban J connectivity index is 1.91. The molecule has 124 valence electrons. The minimum atomic E-state index is -0.287. The zero-order valence-electron chi connectivity index (χ0n) is 14.4. The molecule has 0 saturated carbocycles. The molecule has 2 aliphatic rings. The van der Waals surface area contributed by atoms with E-state index in [9.17, 15) is 0 Å². The summed E-state index contributed by atoms with van der Waals surface area (Å²) in [7, 11) is 0. The molecule has 1 aliphatic carbocycles. The third-order valence-electron chi connectivity index (χ3n) is 5.67. The van der Waals surface area contributed by atoms with E-state index in [2.05, 4.69) is 90.7 Å². The van der Waals surface area contributed by atoms with Gasteiger partial charge in [-0.2, -0.15) is 0 Å². The summed E-state index contributed by atoms with van der Waals surface area (Å²) < 4.78 is 5.88. The summed E-state index contributed by atoms with van der Waals surface area (Å²) >= 11 is 0. The molecule has 25 heavy (non-hydrogen) atoms. The van der Waals surface area contributed by atoms with Gasteiger partial charge in [0, 0.05) is 6.04 Å². The molecule has 2 heteroatoms. The second-order valence-corrected chi connectivity index (χ2v) is 6.99. The van der Waals surface area contributed by atoms with Crippen LogP contribution in [0.2, 0.25) is 0 Å². The molecule has 5 rings (SSSR count). The Morgan fingerprint density at radius 3 is 1.92 bits per heavy atom. The third-order valence-corrected chi connectivity index (χ3v) is 5.67. The fourth-order valence-corrected chi connectivity index (χ4v) is 4.64. The van der Waals surface area contributed by atoms with Crippen LogP contribution in [0.25, 0.3) is 11.1 Å². The molecule has 0 unspecified atom stereocenters. The van der Waals surface area contributed by atoms with Crippen LogP contribution in [0.1, 0.15) is 23.6 Å². The van der Waals surface area contributed by atoms with Crippen molar-refractivity contribution in [1.29, 1.82) is 0 Å². The van der Waals surface area contributed by atoms with E-state index < -0.39 is 0 Å². The number of fused-ring (bicyclic) bond motifs is 3. The van der Waals surface area contributed by atoms with Crippen molar-refractivity contribution in [2.75, 3.05) is 13.3 Å². The smallest absolute Gasteiger partial charge is 0.101 e. The maximum Gasteiger partial charge on any atom is 0.101 e. The quantitative estimate of drug-likeness (QED) is 0.680. The molecule has 1 aliphatic heterocycles. The summed E-state index contributed by atoms with van der Waals surface area (Å²) in [5.74, 6) is 0. The Labute approximate surface area is 148 Å². The van der Waals surface area contributed by atoms with Crippen LogP contribution in [0, 0.1) is 0 Å². The van der Waals surface area contributed by atoms with Crippen molar-refractivity contribution in [3.63, 3.8) is 0 Å². The van der Waals surface area contributed by atoms with Crippen LogP contribution in [0.5, 0.6) is 0 Å². The fourth-order valence-electron chi connectivity index (χ4n) is 4.64. The molecule has 0 radical (unpaired) electrons. The summed E-state index contributed by atoms with van der Waals surface area (Å²) in [6, 6.07) is 28.9. The van der Waals surface area contributed by atoms with Crippen LogP contribution in [0.4, 0.5) is 0 Å². The van der Waals surface area contributed by atoms with Crippen LogP contribution in [0.3, 0.4) is 0 Å². The van der Waals surface area contributed by atoms with Crippen LogP contribution in [0.15, 0.2) is 78.9 Å². The first-order chi connectivity index (χ1) is 12.3. The van der Waals surface area contributed by atoms with Gasteiger partial charge in [0.25, 0.3) is 0 Å². The third kappa shape index (κ3) is 1.92. The van der Waals surface area contributed by atoms with Gasteiger partial charge in [-0.3, -0.25) is 4.90 Å². The highest BCUT2D eigenvalue weighted by Crippen LogP contribution is 2.55. The molecular weight excluding hydrogens is 306 g/mol. The van der Waals surface area contributed by atoms with Crippen molar-refractivity contribution in [1.82, 2.24) is 4.90 Å². The number of rotatable bonds is 2. The Morgan fingerprint density at radius 1 is 0.800 bits per heavy atom. The molecule has 0 bridgehead atoms. The highest BCUT2D eigenvalue weighted by atomic mass is 16.5. The van der Waals surface area contributed by atoms with Crippen molar-refractivity contribution in [2.24, 2.45) is 0 Å². The predicted octanol–water partition coefficient (Wildman–Crippen LogP) is 4.64. The van der Waals surface area contributed by atoms with Crippen LogP contribution < -0.4 is 0 Å². The molecule has 1 saturated heterocycles. The Morgan fingerprint density at radius 2 is 1.36 bits per heavy atom. The average Bonchev–Trinajstić information content (AvgIpc) is 3.22. The van der Waals surface area contributed by atoms with Gasteiger partial charge in [-0.25, -0.2) is 0 Å². The molecule has 0 aromatic heterocycles. The van der Waals surface area contributed by atoms with Crippen molar-refractivity contribution in [3.8, 4) is 11.1 Å². The number of benzene rings is 3. The van der Waals surface area contributed by atoms with Gasteiger partial charge in [-0.1, -0.05) is 78.9 Å². The Hall–Kier alpha value is -2.42. The van der Waals surface area contributed by atoms with E-state index in [4.69, 9.17) is 4.74 Å². The van der Waals surface area contributed by atoms with Gasteiger partial charge in [0.15, 0.2) is 0 Å². The number of hydrogen-bond acceptors (Lipinski definition) is 2. The van der Waals surface area contributed by atoms with E-state index in [1.807, 2.05) is 0 Å². The van der Waals surface area contributed by atoms with E-state index in [-0.39, 0.29) is 5.54 Å². The molecule has 0 spiro atoms. The van der Waals surface area contributed by atoms with Gasteiger partial charge < -0.3 is 4.74 Å². The number of ether oxygens (including phenoxy) is 1. The Kier molecular flexibility index (Phi) is 3.30. The lowest BCUT2D eigenvalue weighted by molar-refractivity contribution is 0.0871. The topological polar surface area (TPSA) is 12.5 Å². The molecule has 3 aromatic rings. The lowest BCUT2D eigenvalue weighted by Crippen LogP contribution is -2.48. The summed E-state index contributed by atoms with van der Waals surface area (Å²) in [4.78, 5) is 2.52. The van der Waals surface area contributed by atoms with E-state index >= 15 is 0 Å². The van der Waals surface area contributed by atoms with Crippen molar-refractivity contribution in [2.45, 2.75) is 18.5 Å². The lowest BCUT2D eigenvalue weighted by atomic mass is 9.78. The van der Waals surface area contributed by atoms with Crippen LogP contribution in [-0.4, -0.2) is 24.3 Å². The monoisotopic (exact) mass is 327 g/mol. The highest BCUT2D eigenvalue weighted by molar-refractivity contribution is 5.83. The molecule has 0 N–H and O–H groups in total. The second kappa shape index (κ2) is 5.55. The number of hydrogen-bond donors (Lipinski definition) is 0. The van der Waals surface area contributed by atoms with Gasteiger partial charge in [0.1, 0.15) is 12.3 Å². The van der Waals surface area contributed by atoms with E-state index in [1.165, 1.54) is 27.8 Å². The molecular formula is C23H21NO. The van der Waals surface area contributed by atoms with Crippen LogP contribution >= 0.6 is 0 Å². The highest BCUT2D eigenvalue weighted by Gasteiger charge is 2.51. The van der Waals surface area contributed by atoms with E-state index in [1.54, 1.807) is 0 Å². The van der Waals surface area contributed by atoms with E-state index in [0.29, 0.717) is 12.8 Å². The molecule has 2 nitrogen and oxygen atoms in total. The van der Waals surface area contributed by atoms with Gasteiger partial charge in [-0.05, 0) is 34.7 Å². The van der Waals surface area contributed by atoms with Gasteiger partial charge >= 0.3 is 0 Å². The molecule has 1 fully saturated rings. The van der Waals surface area contributed by atoms with Gasteiger partial charge in [0.05, 0.1) is 6.61 Å². The van der Waals surface area contributed by atoms with E-state index in [0.717, 1.165) is 6.61 Å². The Bertz CT molecular complexity index is 873. The largest absolute Gasteiger partial charge is 0.364 e. The van der Waals surface area contributed by atoms with Crippen molar-refractivity contribution < 1.29 is 4.74 Å². The average molecular weight is 327 g/mol. The second-order valence-electron chi connectivity index (χ2n) is 6.99. The number of nitrogens with zero attached hydrogens (tertiary/aromatic N) is 1. The first-order valence-electron chi connectivity index (χ1n) is 8.93. The minimum absolute atomic E-state index is 0.287. The normalized spacial score (nSPS) is 21.1. The van der Waals surface area contributed by atoms with Crippen molar-refractivity contribution >= 4 is 0 Å². The molecule has 0 amide bonds.